The van der Waals surface area contributed by atoms with Crippen molar-refractivity contribution < 1.29 is 36.2 Å². The number of rotatable bonds is 4. The molecule has 1 aliphatic heterocycles. The second-order valence-corrected chi connectivity index (χ2v) is 8.34. The second-order valence-electron chi connectivity index (χ2n) is 6.32. The first-order valence-corrected chi connectivity index (χ1v) is 10.0. The molecule has 0 saturated carbocycles. The third-order valence-electron chi connectivity index (χ3n) is 4.43. The molecule has 28 heavy (non-hydrogen) atoms. The molecule has 1 heterocycles. The van der Waals surface area contributed by atoms with Crippen LogP contribution in [0.25, 0.3) is 11.1 Å². The fourth-order valence-electron chi connectivity index (χ4n) is 2.99. The molecule has 0 fully saturated rings. The Hall–Kier alpha value is -2.65. The first kappa shape index (κ1) is 20.1. The number of sulfone groups is 1. The van der Waals surface area contributed by atoms with Crippen LogP contribution >= 0.6 is 0 Å². The third kappa shape index (κ3) is 3.31. The number of halogens is 3. The molecule has 2 aromatic carbocycles. The Kier molecular flexibility index (Phi) is 4.84. The van der Waals surface area contributed by atoms with Gasteiger partial charge in [-0.25, -0.2) is 26.4 Å². The van der Waals surface area contributed by atoms with Crippen LogP contribution in [0.3, 0.4) is 0 Å². The molecule has 0 spiro atoms. The van der Waals surface area contributed by atoms with Crippen molar-refractivity contribution in [3.05, 3.63) is 65.0 Å². The highest BCUT2D eigenvalue weighted by atomic mass is 32.2. The molecule has 3 rings (SSSR count). The summed E-state index contributed by atoms with van der Waals surface area (Å²) in [6, 6.07) is 5.57. The minimum Gasteiger partial charge on any atom is -0.425 e. The monoisotopic (exact) mass is 412 g/mol. The predicted molar refractivity (Wildman–Crippen MR) is 94.0 cm³/mol. The molecule has 2 aromatic rings. The lowest BCUT2D eigenvalue weighted by Gasteiger charge is -2.24. The predicted octanol–water partition coefficient (Wildman–Crippen LogP) is 3.07. The van der Waals surface area contributed by atoms with Gasteiger partial charge in [0, 0.05) is 23.8 Å². The van der Waals surface area contributed by atoms with Gasteiger partial charge in [0.25, 0.3) is 0 Å². The van der Waals surface area contributed by atoms with Crippen LogP contribution in [-0.2, 0) is 19.4 Å². The molecule has 1 aliphatic rings. The second kappa shape index (κ2) is 6.75. The normalized spacial score (nSPS) is 19.9. The number of carbonyl (C=O) groups is 1. The van der Waals surface area contributed by atoms with Crippen molar-refractivity contribution >= 4 is 27.0 Å². The standard InChI is InChI=1S/C19H15F3O5S/c1-3-19(24)17(12-6-5-11(9-14(12)21)28(2,25)26)16(18(23)27-19)10-4-7-13(20)15(22)8-10/h4-9,24H,3H2,1-2H3. The molecule has 1 N–H and O–H groups in total. The lowest BCUT2D eigenvalue weighted by molar-refractivity contribution is -0.175. The summed E-state index contributed by atoms with van der Waals surface area (Å²) in [4.78, 5) is 12.1. The van der Waals surface area contributed by atoms with Crippen LogP contribution in [0.2, 0.25) is 0 Å². The first-order chi connectivity index (χ1) is 13.0. The number of ether oxygens (including phenoxy) is 1. The Labute approximate surface area is 159 Å². The van der Waals surface area contributed by atoms with Crippen LogP contribution in [0, 0.1) is 17.5 Å². The van der Waals surface area contributed by atoms with E-state index >= 15 is 0 Å². The van der Waals surface area contributed by atoms with Crippen LogP contribution in [-0.4, -0.2) is 31.5 Å². The first-order valence-electron chi connectivity index (χ1n) is 8.14. The van der Waals surface area contributed by atoms with E-state index in [4.69, 9.17) is 4.74 Å². The zero-order chi connectivity index (χ0) is 20.9. The maximum atomic E-state index is 14.8. The number of esters is 1. The Bertz CT molecular complexity index is 1120. The van der Waals surface area contributed by atoms with Crippen LogP contribution in [0.1, 0.15) is 24.5 Å². The van der Waals surface area contributed by atoms with E-state index in [9.17, 15) is 31.5 Å². The Morgan fingerprint density at radius 1 is 1.04 bits per heavy atom. The average molecular weight is 412 g/mol. The summed E-state index contributed by atoms with van der Waals surface area (Å²) in [7, 11) is -3.69. The van der Waals surface area contributed by atoms with Gasteiger partial charge in [0.2, 0.25) is 5.79 Å². The van der Waals surface area contributed by atoms with Crippen LogP contribution in [0.5, 0.6) is 0 Å². The minimum atomic E-state index is -3.69. The lowest BCUT2D eigenvalue weighted by Crippen LogP contribution is -2.30. The van der Waals surface area contributed by atoms with E-state index < -0.39 is 39.0 Å². The van der Waals surface area contributed by atoms with Crippen LogP contribution < -0.4 is 0 Å². The quantitative estimate of drug-likeness (QED) is 0.781. The van der Waals surface area contributed by atoms with Gasteiger partial charge >= 0.3 is 5.97 Å². The van der Waals surface area contributed by atoms with Crippen molar-refractivity contribution in [2.24, 2.45) is 0 Å². The van der Waals surface area contributed by atoms with Gasteiger partial charge in [-0.3, -0.25) is 0 Å². The lowest BCUT2D eigenvalue weighted by atomic mass is 9.89. The molecular formula is C19H15F3O5S. The number of hydrogen-bond donors (Lipinski definition) is 1. The van der Waals surface area contributed by atoms with E-state index in [1.54, 1.807) is 0 Å². The van der Waals surface area contributed by atoms with Gasteiger partial charge in [0.1, 0.15) is 5.82 Å². The minimum absolute atomic E-state index is 0.116. The van der Waals surface area contributed by atoms with Gasteiger partial charge in [-0.2, -0.15) is 0 Å². The molecule has 1 unspecified atom stereocenters. The molecule has 0 aliphatic carbocycles. The molecule has 1 atom stereocenters. The van der Waals surface area contributed by atoms with Gasteiger partial charge in [0.05, 0.1) is 10.5 Å². The molecule has 148 valence electrons. The van der Waals surface area contributed by atoms with Gasteiger partial charge in [-0.05, 0) is 29.8 Å². The fourth-order valence-corrected chi connectivity index (χ4v) is 3.62. The summed E-state index contributed by atoms with van der Waals surface area (Å²) in [5, 5.41) is 10.7. The zero-order valence-electron chi connectivity index (χ0n) is 14.8. The number of benzene rings is 2. The zero-order valence-corrected chi connectivity index (χ0v) is 15.6. The summed E-state index contributed by atoms with van der Waals surface area (Å²) >= 11 is 0. The molecule has 9 heteroatoms. The topological polar surface area (TPSA) is 80.7 Å². The summed E-state index contributed by atoms with van der Waals surface area (Å²) < 4.78 is 69.9. The van der Waals surface area contributed by atoms with Gasteiger partial charge in [-0.1, -0.05) is 19.1 Å². The van der Waals surface area contributed by atoms with Crippen molar-refractivity contribution in [1.82, 2.24) is 0 Å². The summed E-state index contributed by atoms with van der Waals surface area (Å²) in [6.45, 7) is 1.48. The SMILES string of the molecule is CCC1(O)OC(=O)C(c2ccc(F)c(F)c2)=C1c1ccc(S(C)(=O)=O)cc1F. The number of carbonyl (C=O) groups excluding carboxylic acids is 1. The highest BCUT2D eigenvalue weighted by Gasteiger charge is 2.47. The van der Waals surface area contributed by atoms with E-state index in [0.717, 1.165) is 42.7 Å². The summed E-state index contributed by atoms with van der Waals surface area (Å²) in [5.41, 5.74) is -1.03. The molecule has 0 amide bonds. The van der Waals surface area contributed by atoms with Crippen molar-refractivity contribution in [2.75, 3.05) is 6.26 Å². The van der Waals surface area contributed by atoms with Gasteiger partial charge in [-0.15, -0.1) is 0 Å². The molecule has 0 radical (unpaired) electrons. The van der Waals surface area contributed by atoms with E-state index in [2.05, 4.69) is 0 Å². The Morgan fingerprint density at radius 3 is 2.25 bits per heavy atom. The largest absolute Gasteiger partial charge is 0.425 e. The molecule has 0 aromatic heterocycles. The highest BCUT2D eigenvalue weighted by Crippen LogP contribution is 2.45. The van der Waals surface area contributed by atoms with Crippen molar-refractivity contribution in [3.8, 4) is 0 Å². The Balaban J connectivity index is 2.32. The van der Waals surface area contributed by atoms with Crippen LogP contribution in [0.15, 0.2) is 41.3 Å². The maximum absolute atomic E-state index is 14.8. The fraction of sp³-hybridized carbons (Fsp3) is 0.211. The molecule has 0 saturated heterocycles. The van der Waals surface area contributed by atoms with E-state index in [1.165, 1.54) is 6.92 Å². The molecule has 0 bridgehead atoms. The smallest absolute Gasteiger partial charge is 0.342 e. The number of aliphatic hydroxyl groups is 1. The van der Waals surface area contributed by atoms with Gasteiger partial charge < -0.3 is 9.84 Å². The van der Waals surface area contributed by atoms with Gasteiger partial charge in [0.15, 0.2) is 21.5 Å². The maximum Gasteiger partial charge on any atom is 0.342 e. The average Bonchev–Trinajstić information content (AvgIpc) is 2.87. The Morgan fingerprint density at radius 2 is 1.71 bits per heavy atom. The molecule has 5 nitrogen and oxygen atoms in total. The van der Waals surface area contributed by atoms with E-state index in [-0.39, 0.29) is 33.6 Å². The number of cyclic esters (lactones) is 1. The summed E-state index contributed by atoms with van der Waals surface area (Å²) in [5.74, 6) is -6.67. The van der Waals surface area contributed by atoms with Crippen LogP contribution in [0.4, 0.5) is 13.2 Å². The third-order valence-corrected chi connectivity index (χ3v) is 5.54. The molecular weight excluding hydrogens is 397 g/mol. The number of hydrogen-bond acceptors (Lipinski definition) is 5. The summed E-state index contributed by atoms with van der Waals surface area (Å²) in [6.07, 6.45) is 0.743. The van der Waals surface area contributed by atoms with Crippen molar-refractivity contribution in [1.29, 1.82) is 0 Å². The van der Waals surface area contributed by atoms with Crippen molar-refractivity contribution in [3.63, 3.8) is 0 Å². The van der Waals surface area contributed by atoms with Crippen molar-refractivity contribution in [2.45, 2.75) is 24.0 Å². The van der Waals surface area contributed by atoms with E-state index in [0.29, 0.717) is 0 Å². The highest BCUT2D eigenvalue weighted by molar-refractivity contribution is 7.90. The van der Waals surface area contributed by atoms with E-state index in [1.807, 2.05) is 0 Å².